The van der Waals surface area contributed by atoms with Gasteiger partial charge in [0.2, 0.25) is 0 Å². The zero-order valence-electron chi connectivity index (χ0n) is 13.4. The summed E-state index contributed by atoms with van der Waals surface area (Å²) in [5, 5.41) is 3.32. The maximum atomic E-state index is 4.52. The van der Waals surface area contributed by atoms with Crippen LogP contribution >= 0.6 is 0 Å². The standard InChI is InChI=1S/C16H28N4/c1-5-16(6-2)8-10-20(11-9-16)15-13(4)14(17-7-3)18-12-19-15/h12H,5-11H2,1-4H3,(H,17,18,19). The maximum Gasteiger partial charge on any atom is 0.137 e. The monoisotopic (exact) mass is 276 g/mol. The minimum atomic E-state index is 0.557. The van der Waals surface area contributed by atoms with Gasteiger partial charge in [0.1, 0.15) is 18.0 Å². The SMILES string of the molecule is CCNc1ncnc(N2CCC(CC)(CC)CC2)c1C. The first-order valence-corrected chi connectivity index (χ1v) is 7.96. The van der Waals surface area contributed by atoms with Crippen LogP contribution in [0, 0.1) is 12.3 Å². The average molecular weight is 276 g/mol. The lowest BCUT2D eigenvalue weighted by Gasteiger charge is -2.41. The first kappa shape index (κ1) is 15.1. The molecule has 0 aromatic carbocycles. The summed E-state index contributed by atoms with van der Waals surface area (Å²) in [4.78, 5) is 11.3. The van der Waals surface area contributed by atoms with E-state index in [0.29, 0.717) is 5.41 Å². The van der Waals surface area contributed by atoms with Gasteiger partial charge in [-0.15, -0.1) is 0 Å². The Hall–Kier alpha value is -1.32. The molecule has 4 nitrogen and oxygen atoms in total. The molecule has 2 heterocycles. The first-order valence-electron chi connectivity index (χ1n) is 7.96. The zero-order valence-corrected chi connectivity index (χ0v) is 13.4. The summed E-state index contributed by atoms with van der Waals surface area (Å²) in [6, 6.07) is 0. The van der Waals surface area contributed by atoms with Gasteiger partial charge in [0, 0.05) is 25.2 Å². The van der Waals surface area contributed by atoms with Crippen LogP contribution in [0.4, 0.5) is 11.6 Å². The van der Waals surface area contributed by atoms with E-state index in [0.717, 1.165) is 31.3 Å². The predicted octanol–water partition coefficient (Wildman–Crippen LogP) is 3.62. The van der Waals surface area contributed by atoms with Crippen molar-refractivity contribution in [1.82, 2.24) is 9.97 Å². The van der Waals surface area contributed by atoms with Gasteiger partial charge in [-0.2, -0.15) is 0 Å². The largest absolute Gasteiger partial charge is 0.370 e. The van der Waals surface area contributed by atoms with Crippen LogP contribution in [0.1, 0.15) is 52.0 Å². The molecule has 0 radical (unpaired) electrons. The van der Waals surface area contributed by atoms with Crippen molar-refractivity contribution in [3.05, 3.63) is 11.9 Å². The maximum absolute atomic E-state index is 4.52. The third kappa shape index (κ3) is 2.89. The third-order valence-electron chi connectivity index (χ3n) is 5.03. The highest BCUT2D eigenvalue weighted by Gasteiger charge is 2.32. The van der Waals surface area contributed by atoms with Gasteiger partial charge in [-0.25, -0.2) is 9.97 Å². The van der Waals surface area contributed by atoms with Crippen LogP contribution in [0.25, 0.3) is 0 Å². The third-order valence-corrected chi connectivity index (χ3v) is 5.03. The molecule has 1 fully saturated rings. The van der Waals surface area contributed by atoms with Gasteiger partial charge in [-0.05, 0) is 32.1 Å². The van der Waals surface area contributed by atoms with Crippen molar-refractivity contribution in [1.29, 1.82) is 0 Å². The Labute approximate surface area is 123 Å². The number of hydrogen-bond donors (Lipinski definition) is 1. The predicted molar refractivity (Wildman–Crippen MR) is 85.4 cm³/mol. The van der Waals surface area contributed by atoms with Crippen molar-refractivity contribution < 1.29 is 0 Å². The highest BCUT2D eigenvalue weighted by atomic mass is 15.2. The lowest BCUT2D eigenvalue weighted by Crippen LogP contribution is -2.40. The Bertz CT molecular complexity index is 430. The molecule has 1 aromatic rings. The lowest BCUT2D eigenvalue weighted by molar-refractivity contribution is 0.199. The van der Waals surface area contributed by atoms with Crippen molar-refractivity contribution in [2.75, 3.05) is 29.9 Å². The number of hydrogen-bond acceptors (Lipinski definition) is 4. The molecule has 2 rings (SSSR count). The first-order chi connectivity index (χ1) is 9.65. The molecule has 4 heteroatoms. The van der Waals surface area contributed by atoms with Crippen LogP contribution < -0.4 is 10.2 Å². The van der Waals surface area contributed by atoms with Crippen LogP contribution in [0.2, 0.25) is 0 Å². The molecule has 20 heavy (non-hydrogen) atoms. The van der Waals surface area contributed by atoms with Crippen molar-refractivity contribution in [3.8, 4) is 0 Å². The normalized spacial score (nSPS) is 18.1. The van der Waals surface area contributed by atoms with E-state index in [2.05, 4.69) is 47.9 Å². The topological polar surface area (TPSA) is 41.1 Å². The fourth-order valence-electron chi connectivity index (χ4n) is 3.26. The van der Waals surface area contributed by atoms with Crippen LogP contribution in [0.3, 0.4) is 0 Å². The second-order valence-corrected chi connectivity index (χ2v) is 5.90. The molecule has 1 saturated heterocycles. The second-order valence-electron chi connectivity index (χ2n) is 5.90. The van der Waals surface area contributed by atoms with Gasteiger partial charge in [0.25, 0.3) is 0 Å². The van der Waals surface area contributed by atoms with Crippen LogP contribution in [0.15, 0.2) is 6.33 Å². The molecule has 0 aliphatic carbocycles. The molecule has 0 amide bonds. The van der Waals surface area contributed by atoms with Gasteiger partial charge in [-0.3, -0.25) is 0 Å². The van der Waals surface area contributed by atoms with Gasteiger partial charge < -0.3 is 10.2 Å². The molecule has 0 atom stereocenters. The quantitative estimate of drug-likeness (QED) is 0.891. The zero-order chi connectivity index (χ0) is 14.6. The van der Waals surface area contributed by atoms with E-state index >= 15 is 0 Å². The van der Waals surface area contributed by atoms with Crippen molar-refractivity contribution >= 4 is 11.6 Å². The van der Waals surface area contributed by atoms with Crippen LogP contribution in [-0.2, 0) is 0 Å². The number of anilines is 2. The van der Waals surface area contributed by atoms with E-state index in [4.69, 9.17) is 0 Å². The molecule has 1 aromatic heterocycles. The van der Waals surface area contributed by atoms with E-state index in [9.17, 15) is 0 Å². The van der Waals surface area contributed by atoms with E-state index in [1.807, 2.05) is 0 Å². The number of piperidine rings is 1. The summed E-state index contributed by atoms with van der Waals surface area (Å²) in [6.45, 7) is 12.0. The Balaban J connectivity index is 2.13. The van der Waals surface area contributed by atoms with Crippen molar-refractivity contribution in [3.63, 3.8) is 0 Å². The summed E-state index contributed by atoms with van der Waals surface area (Å²) in [6.07, 6.45) is 6.83. The van der Waals surface area contributed by atoms with E-state index in [1.54, 1.807) is 6.33 Å². The van der Waals surface area contributed by atoms with E-state index in [1.165, 1.54) is 31.2 Å². The Kier molecular flexibility index (Phi) is 4.84. The molecule has 1 aliphatic rings. The molecule has 0 bridgehead atoms. The molecule has 0 spiro atoms. The average Bonchev–Trinajstić information content (AvgIpc) is 2.50. The molecule has 0 saturated carbocycles. The minimum Gasteiger partial charge on any atom is -0.370 e. The Morgan fingerprint density at radius 3 is 2.35 bits per heavy atom. The molecule has 1 N–H and O–H groups in total. The smallest absolute Gasteiger partial charge is 0.137 e. The highest BCUT2D eigenvalue weighted by Crippen LogP contribution is 2.39. The van der Waals surface area contributed by atoms with Gasteiger partial charge in [0.05, 0.1) is 0 Å². The van der Waals surface area contributed by atoms with Gasteiger partial charge in [0.15, 0.2) is 0 Å². The minimum absolute atomic E-state index is 0.557. The highest BCUT2D eigenvalue weighted by molar-refractivity contribution is 5.58. The number of nitrogens with zero attached hydrogens (tertiary/aromatic N) is 3. The van der Waals surface area contributed by atoms with E-state index in [-0.39, 0.29) is 0 Å². The second kappa shape index (κ2) is 6.42. The van der Waals surface area contributed by atoms with E-state index < -0.39 is 0 Å². The van der Waals surface area contributed by atoms with Gasteiger partial charge >= 0.3 is 0 Å². The summed E-state index contributed by atoms with van der Waals surface area (Å²) in [7, 11) is 0. The van der Waals surface area contributed by atoms with Crippen LogP contribution in [-0.4, -0.2) is 29.6 Å². The Morgan fingerprint density at radius 2 is 1.80 bits per heavy atom. The summed E-state index contributed by atoms with van der Waals surface area (Å²) >= 11 is 0. The molecule has 1 aliphatic heterocycles. The lowest BCUT2D eigenvalue weighted by atomic mass is 9.74. The number of aromatic nitrogens is 2. The Morgan fingerprint density at radius 1 is 1.15 bits per heavy atom. The fraction of sp³-hybridized carbons (Fsp3) is 0.750. The summed E-state index contributed by atoms with van der Waals surface area (Å²) < 4.78 is 0. The van der Waals surface area contributed by atoms with Crippen LogP contribution in [0.5, 0.6) is 0 Å². The number of rotatable bonds is 5. The van der Waals surface area contributed by atoms with Crippen molar-refractivity contribution in [2.45, 2.75) is 53.4 Å². The molecular weight excluding hydrogens is 248 g/mol. The fourth-order valence-corrected chi connectivity index (χ4v) is 3.26. The molecular formula is C16H28N4. The summed E-state index contributed by atoms with van der Waals surface area (Å²) in [5.74, 6) is 2.08. The van der Waals surface area contributed by atoms with Crippen molar-refractivity contribution in [2.24, 2.45) is 5.41 Å². The molecule has 112 valence electrons. The number of nitrogens with one attached hydrogen (secondary N) is 1. The summed E-state index contributed by atoms with van der Waals surface area (Å²) in [5.41, 5.74) is 1.73. The van der Waals surface area contributed by atoms with Gasteiger partial charge in [-0.1, -0.05) is 26.7 Å². The molecule has 0 unspecified atom stereocenters.